The van der Waals surface area contributed by atoms with Crippen LogP contribution in [-0.2, 0) is 19.1 Å². The molecule has 152 valence electrons. The molecule has 2 aromatic carbocycles. The van der Waals surface area contributed by atoms with Crippen LogP contribution in [0, 0.1) is 19.8 Å². The van der Waals surface area contributed by atoms with Gasteiger partial charge in [-0.15, -0.1) is 0 Å². The van der Waals surface area contributed by atoms with Gasteiger partial charge in [0.2, 0.25) is 5.91 Å². The molecule has 1 aliphatic rings. The summed E-state index contributed by atoms with van der Waals surface area (Å²) in [5.41, 5.74) is 3.10. The second-order valence-corrected chi connectivity index (χ2v) is 8.19. The molecule has 1 heterocycles. The molecule has 0 bridgehead atoms. The van der Waals surface area contributed by atoms with E-state index in [1.165, 1.54) is 0 Å². The lowest BCUT2D eigenvalue weighted by Crippen LogP contribution is -2.28. The summed E-state index contributed by atoms with van der Waals surface area (Å²) in [6.07, 6.45) is 0.0657. The molecule has 1 saturated heterocycles. The maximum absolute atomic E-state index is 12.4. The van der Waals surface area contributed by atoms with Crippen LogP contribution in [0.2, 0.25) is 5.02 Å². The molecule has 8 heteroatoms. The summed E-state index contributed by atoms with van der Waals surface area (Å²) in [7, 11) is 0. The van der Waals surface area contributed by atoms with E-state index < -0.39 is 24.4 Å². The van der Waals surface area contributed by atoms with Gasteiger partial charge in [0.25, 0.3) is 5.91 Å². The fourth-order valence-corrected chi connectivity index (χ4v) is 3.81. The first-order valence-electron chi connectivity index (χ1n) is 9.04. The summed E-state index contributed by atoms with van der Waals surface area (Å²) >= 11 is 9.37. The van der Waals surface area contributed by atoms with Crippen molar-refractivity contribution >= 4 is 56.7 Å². The minimum absolute atomic E-state index is 0.0657. The largest absolute Gasteiger partial charge is 0.455 e. The van der Waals surface area contributed by atoms with Gasteiger partial charge in [-0.25, -0.2) is 0 Å². The van der Waals surface area contributed by atoms with Gasteiger partial charge in [0.05, 0.1) is 10.9 Å². The third-order valence-corrected chi connectivity index (χ3v) is 5.95. The Labute approximate surface area is 182 Å². The molecule has 6 nitrogen and oxygen atoms in total. The van der Waals surface area contributed by atoms with E-state index in [0.29, 0.717) is 10.7 Å². The van der Waals surface area contributed by atoms with Crippen LogP contribution in [0.1, 0.15) is 17.5 Å². The van der Waals surface area contributed by atoms with Gasteiger partial charge in [-0.1, -0.05) is 29.8 Å². The number of halogens is 2. The first-order chi connectivity index (χ1) is 13.8. The van der Waals surface area contributed by atoms with E-state index in [0.717, 1.165) is 21.3 Å². The average Bonchev–Trinajstić information content (AvgIpc) is 3.06. The monoisotopic (exact) mass is 478 g/mol. The fourth-order valence-electron chi connectivity index (χ4n) is 3.19. The quantitative estimate of drug-likeness (QED) is 0.651. The van der Waals surface area contributed by atoms with Gasteiger partial charge in [-0.05, 0) is 59.1 Å². The molecule has 3 rings (SSSR count). The van der Waals surface area contributed by atoms with Crippen molar-refractivity contribution in [3.8, 4) is 0 Å². The van der Waals surface area contributed by atoms with Gasteiger partial charge < -0.3 is 15.0 Å². The molecule has 1 fully saturated rings. The van der Waals surface area contributed by atoms with Crippen LogP contribution in [0.5, 0.6) is 0 Å². The van der Waals surface area contributed by atoms with Crippen LogP contribution in [0.4, 0.5) is 11.4 Å². The Morgan fingerprint density at radius 2 is 1.97 bits per heavy atom. The number of nitrogens with zero attached hydrogens (tertiary/aromatic N) is 1. The van der Waals surface area contributed by atoms with Gasteiger partial charge in [-0.3, -0.25) is 14.4 Å². The third kappa shape index (κ3) is 4.97. The van der Waals surface area contributed by atoms with Gasteiger partial charge in [-0.2, -0.15) is 0 Å². The predicted octanol–water partition coefficient (Wildman–Crippen LogP) is 4.25. The Hall–Kier alpha value is -2.38. The number of rotatable bonds is 5. The normalized spacial score (nSPS) is 16.1. The number of carbonyl (C=O) groups is 3. The van der Waals surface area contributed by atoms with Crippen LogP contribution in [0.25, 0.3) is 0 Å². The van der Waals surface area contributed by atoms with Crippen molar-refractivity contribution < 1.29 is 19.1 Å². The number of amides is 2. The zero-order chi connectivity index (χ0) is 21.1. The van der Waals surface area contributed by atoms with E-state index in [1.807, 2.05) is 38.1 Å². The number of esters is 1. The molecule has 2 amide bonds. The van der Waals surface area contributed by atoms with E-state index in [-0.39, 0.29) is 18.9 Å². The molecule has 0 aliphatic carbocycles. The van der Waals surface area contributed by atoms with Crippen molar-refractivity contribution in [3.63, 3.8) is 0 Å². The highest BCUT2D eigenvalue weighted by Crippen LogP contribution is 2.30. The maximum Gasteiger partial charge on any atom is 0.311 e. The lowest BCUT2D eigenvalue weighted by Gasteiger charge is -2.18. The number of carbonyl (C=O) groups excluding carboxylic acids is 3. The number of hydrogen-bond donors (Lipinski definition) is 1. The standard InChI is InChI=1S/C21H20BrClN2O4/c1-12-5-3-4-6-18(12)25-10-14(8-20(25)27)21(28)29-11-19(26)24-17-9-16(23)15(22)7-13(17)2/h3-7,9,14H,8,10-11H2,1-2H3,(H,24,26)/t14-/m1/s1. The van der Waals surface area contributed by atoms with Crippen molar-refractivity contribution in [3.05, 3.63) is 57.0 Å². The molecule has 0 radical (unpaired) electrons. The van der Waals surface area contributed by atoms with Gasteiger partial charge in [0.15, 0.2) is 6.61 Å². The zero-order valence-electron chi connectivity index (χ0n) is 16.0. The van der Waals surface area contributed by atoms with Gasteiger partial charge >= 0.3 is 5.97 Å². The number of anilines is 2. The van der Waals surface area contributed by atoms with Crippen molar-refractivity contribution in [2.45, 2.75) is 20.3 Å². The SMILES string of the molecule is Cc1cc(Br)c(Cl)cc1NC(=O)COC(=O)[C@@H]1CC(=O)N(c2ccccc2C)C1. The number of nitrogens with one attached hydrogen (secondary N) is 1. The molecule has 1 aliphatic heterocycles. The maximum atomic E-state index is 12.4. The Morgan fingerprint density at radius 3 is 2.69 bits per heavy atom. The molecule has 0 aromatic heterocycles. The summed E-state index contributed by atoms with van der Waals surface area (Å²) in [6.45, 7) is 3.55. The van der Waals surface area contributed by atoms with Crippen molar-refractivity contribution in [1.82, 2.24) is 0 Å². The molecule has 1 atom stereocenters. The van der Waals surface area contributed by atoms with Gasteiger partial charge in [0.1, 0.15) is 0 Å². The molecule has 0 saturated carbocycles. The smallest absolute Gasteiger partial charge is 0.311 e. The minimum atomic E-state index is -0.598. The first-order valence-corrected chi connectivity index (χ1v) is 10.2. The summed E-state index contributed by atoms with van der Waals surface area (Å²) in [5, 5.41) is 3.14. The van der Waals surface area contributed by atoms with Crippen LogP contribution < -0.4 is 10.2 Å². The summed E-state index contributed by atoms with van der Waals surface area (Å²) in [6, 6.07) is 10.9. The lowest BCUT2D eigenvalue weighted by molar-refractivity contribution is -0.151. The van der Waals surface area contributed by atoms with Crippen LogP contribution >= 0.6 is 27.5 Å². The molecule has 29 heavy (non-hydrogen) atoms. The predicted molar refractivity (Wildman–Crippen MR) is 115 cm³/mol. The molecule has 0 unspecified atom stereocenters. The number of para-hydroxylation sites is 1. The Kier molecular flexibility index (Phi) is 6.59. The summed E-state index contributed by atoms with van der Waals surface area (Å²) < 4.78 is 5.87. The number of hydrogen-bond acceptors (Lipinski definition) is 4. The van der Waals surface area contributed by atoms with E-state index >= 15 is 0 Å². The second kappa shape index (κ2) is 8.97. The fraction of sp³-hybridized carbons (Fsp3) is 0.286. The molecule has 1 N–H and O–H groups in total. The third-order valence-electron chi connectivity index (χ3n) is 4.75. The number of ether oxygens (including phenoxy) is 1. The highest BCUT2D eigenvalue weighted by atomic mass is 79.9. The Morgan fingerprint density at radius 1 is 1.24 bits per heavy atom. The Bertz CT molecular complexity index is 979. The summed E-state index contributed by atoms with van der Waals surface area (Å²) in [4.78, 5) is 38.5. The van der Waals surface area contributed by atoms with Crippen molar-refractivity contribution in [2.75, 3.05) is 23.4 Å². The molecular formula is C21H20BrClN2O4. The zero-order valence-corrected chi connectivity index (χ0v) is 18.3. The molecule has 0 spiro atoms. The number of benzene rings is 2. The van der Waals surface area contributed by atoms with Crippen molar-refractivity contribution in [2.24, 2.45) is 5.92 Å². The van der Waals surface area contributed by atoms with E-state index in [1.54, 1.807) is 17.0 Å². The Balaban J connectivity index is 1.56. The first kappa shape index (κ1) is 21.3. The highest BCUT2D eigenvalue weighted by molar-refractivity contribution is 9.10. The van der Waals surface area contributed by atoms with E-state index in [9.17, 15) is 14.4 Å². The topological polar surface area (TPSA) is 75.7 Å². The van der Waals surface area contributed by atoms with Crippen LogP contribution in [-0.4, -0.2) is 30.9 Å². The van der Waals surface area contributed by atoms with E-state index in [2.05, 4.69) is 21.2 Å². The minimum Gasteiger partial charge on any atom is -0.455 e. The van der Waals surface area contributed by atoms with Crippen LogP contribution in [0.15, 0.2) is 40.9 Å². The second-order valence-electron chi connectivity index (χ2n) is 6.93. The summed E-state index contributed by atoms with van der Waals surface area (Å²) in [5.74, 6) is -1.76. The molecular weight excluding hydrogens is 460 g/mol. The molecule has 2 aromatic rings. The van der Waals surface area contributed by atoms with Gasteiger partial charge in [0, 0.05) is 28.8 Å². The average molecular weight is 480 g/mol. The lowest BCUT2D eigenvalue weighted by atomic mass is 10.1. The van der Waals surface area contributed by atoms with Crippen LogP contribution in [0.3, 0.4) is 0 Å². The van der Waals surface area contributed by atoms with Crippen molar-refractivity contribution in [1.29, 1.82) is 0 Å². The van der Waals surface area contributed by atoms with E-state index in [4.69, 9.17) is 16.3 Å². The number of aryl methyl sites for hydroxylation is 2. The highest BCUT2D eigenvalue weighted by Gasteiger charge is 2.36.